The van der Waals surface area contributed by atoms with Gasteiger partial charge < -0.3 is 10.2 Å². The molecular formula is C34H52N2O4. The van der Waals surface area contributed by atoms with E-state index >= 15 is 0 Å². The van der Waals surface area contributed by atoms with Crippen molar-refractivity contribution in [2.24, 2.45) is 0 Å². The fraction of sp³-hybridized carbons (Fsp3) is 0.588. The smallest absolute Gasteiger partial charge is 0.238 e. The van der Waals surface area contributed by atoms with E-state index < -0.39 is 0 Å². The maximum absolute atomic E-state index is 12.5. The molecule has 40 heavy (non-hydrogen) atoms. The van der Waals surface area contributed by atoms with E-state index in [1.165, 1.54) is 0 Å². The van der Waals surface area contributed by atoms with Gasteiger partial charge in [-0.3, -0.25) is 20.4 Å². The molecule has 0 fully saturated rings. The molecule has 0 aliphatic rings. The van der Waals surface area contributed by atoms with Gasteiger partial charge in [-0.1, -0.05) is 78.1 Å². The van der Waals surface area contributed by atoms with Gasteiger partial charge >= 0.3 is 0 Å². The molecule has 4 N–H and O–H groups in total. The maximum Gasteiger partial charge on any atom is 0.238 e. The van der Waals surface area contributed by atoms with Crippen molar-refractivity contribution < 1.29 is 19.8 Å². The summed E-state index contributed by atoms with van der Waals surface area (Å²) in [5.74, 6) is 0.566. The van der Waals surface area contributed by atoms with E-state index in [4.69, 9.17) is 0 Å². The van der Waals surface area contributed by atoms with Gasteiger partial charge in [0.15, 0.2) is 0 Å². The van der Waals surface area contributed by atoms with Gasteiger partial charge in [0.25, 0.3) is 0 Å². The highest BCUT2D eigenvalue weighted by Crippen LogP contribution is 2.34. The van der Waals surface area contributed by atoms with Crippen LogP contribution in [0.4, 0.5) is 0 Å². The summed E-state index contributed by atoms with van der Waals surface area (Å²) in [6.07, 6.45) is 11.2. The number of phenols is 2. The van der Waals surface area contributed by atoms with Crippen LogP contribution in [0.15, 0.2) is 24.3 Å². The highest BCUT2D eigenvalue weighted by atomic mass is 16.3. The molecule has 0 saturated heterocycles. The van der Waals surface area contributed by atoms with Crippen molar-refractivity contribution in [2.75, 3.05) is 0 Å². The average molecular weight is 553 g/mol. The lowest BCUT2D eigenvalue weighted by Crippen LogP contribution is -2.41. The van der Waals surface area contributed by atoms with Crippen molar-refractivity contribution in [1.29, 1.82) is 0 Å². The van der Waals surface area contributed by atoms with Gasteiger partial charge in [-0.25, -0.2) is 0 Å². The first-order valence-corrected chi connectivity index (χ1v) is 15.5. The van der Waals surface area contributed by atoms with Crippen molar-refractivity contribution in [3.63, 3.8) is 0 Å². The number of aromatic hydroxyl groups is 2. The number of hydrazine groups is 1. The molecule has 0 aromatic heterocycles. The molecule has 0 radical (unpaired) electrons. The number of benzene rings is 2. The summed E-state index contributed by atoms with van der Waals surface area (Å²) in [4.78, 5) is 25.0. The second-order valence-electron chi connectivity index (χ2n) is 11.2. The number of carbonyl (C=O) groups is 2. The maximum atomic E-state index is 12.5. The van der Waals surface area contributed by atoms with Crippen LogP contribution in [0.3, 0.4) is 0 Å². The zero-order valence-electron chi connectivity index (χ0n) is 25.5. The van der Waals surface area contributed by atoms with E-state index in [0.29, 0.717) is 24.3 Å². The number of aryl methyl sites for hydroxylation is 5. The predicted molar refractivity (Wildman–Crippen MR) is 164 cm³/mol. The molecule has 2 aromatic rings. The van der Waals surface area contributed by atoms with Crippen LogP contribution in [0.25, 0.3) is 0 Å². The van der Waals surface area contributed by atoms with E-state index in [1.807, 2.05) is 24.3 Å². The van der Waals surface area contributed by atoms with Crippen molar-refractivity contribution >= 4 is 11.8 Å². The lowest BCUT2D eigenvalue weighted by molar-refractivity contribution is -0.128. The molecule has 2 rings (SSSR count). The topological polar surface area (TPSA) is 98.7 Å². The number of nitrogens with one attached hydrogen (secondary N) is 2. The van der Waals surface area contributed by atoms with Gasteiger partial charge in [-0.15, -0.1) is 0 Å². The van der Waals surface area contributed by atoms with E-state index in [-0.39, 0.29) is 30.6 Å². The van der Waals surface area contributed by atoms with Crippen LogP contribution in [0, 0.1) is 0 Å². The Morgan fingerprint density at radius 1 is 0.650 bits per heavy atom. The Morgan fingerprint density at radius 3 is 1.45 bits per heavy atom. The van der Waals surface area contributed by atoms with Crippen LogP contribution in [0.1, 0.15) is 132 Å². The highest BCUT2D eigenvalue weighted by Gasteiger charge is 2.16. The molecule has 2 amide bonds. The van der Waals surface area contributed by atoms with Crippen molar-refractivity contribution in [3.8, 4) is 11.5 Å². The molecule has 0 aliphatic carbocycles. The molecule has 0 heterocycles. The third kappa shape index (κ3) is 10.5. The average Bonchev–Trinajstić information content (AvgIpc) is 2.96. The molecule has 1 atom stereocenters. The number of hydrogen-bond donors (Lipinski definition) is 4. The minimum Gasteiger partial charge on any atom is -0.507 e. The minimum atomic E-state index is -0.241. The molecule has 0 aliphatic heterocycles. The summed E-state index contributed by atoms with van der Waals surface area (Å²) < 4.78 is 0. The Labute approximate surface area is 241 Å². The lowest BCUT2D eigenvalue weighted by atomic mass is 9.90. The van der Waals surface area contributed by atoms with Crippen molar-refractivity contribution in [1.82, 2.24) is 10.9 Å². The van der Waals surface area contributed by atoms with Crippen molar-refractivity contribution in [2.45, 2.75) is 130 Å². The number of unbranched alkanes of at least 4 members (excludes halogenated alkanes) is 3. The first-order valence-electron chi connectivity index (χ1n) is 15.5. The molecule has 0 saturated carbocycles. The van der Waals surface area contributed by atoms with E-state index in [9.17, 15) is 19.8 Å². The fourth-order valence-corrected chi connectivity index (χ4v) is 4.96. The normalized spacial score (nSPS) is 11.8. The number of carbonyl (C=O) groups excluding carboxylic acids is 2. The SMILES string of the molecule is CCCCc1cc(CCC(=O)NNC(=O)CCc2cc(CCCC)c(O)c(C(C)CC)c2)cc(CCCC)c1O. The van der Waals surface area contributed by atoms with Crippen molar-refractivity contribution in [3.05, 3.63) is 57.6 Å². The van der Waals surface area contributed by atoms with Gasteiger partial charge in [0.2, 0.25) is 11.8 Å². The van der Waals surface area contributed by atoms with Crippen LogP contribution in [0.5, 0.6) is 11.5 Å². The molecule has 0 spiro atoms. The quantitative estimate of drug-likeness (QED) is 0.154. The molecular weight excluding hydrogens is 500 g/mol. The lowest BCUT2D eigenvalue weighted by Gasteiger charge is -2.17. The Morgan fingerprint density at radius 2 is 1.05 bits per heavy atom. The summed E-state index contributed by atoms with van der Waals surface area (Å²) in [6.45, 7) is 10.6. The Hall–Kier alpha value is -3.02. The molecule has 0 bridgehead atoms. The molecule has 1 unspecified atom stereocenters. The number of amides is 2. The van der Waals surface area contributed by atoms with Gasteiger partial charge in [0, 0.05) is 12.8 Å². The Bertz CT molecular complexity index is 1070. The minimum absolute atomic E-state index is 0.239. The second-order valence-corrected chi connectivity index (χ2v) is 11.2. The van der Waals surface area contributed by atoms with Gasteiger partial charge in [0.1, 0.15) is 11.5 Å². The fourth-order valence-electron chi connectivity index (χ4n) is 4.96. The third-order valence-corrected chi connectivity index (χ3v) is 7.77. The van der Waals surface area contributed by atoms with Crippen LogP contribution in [-0.4, -0.2) is 22.0 Å². The molecule has 6 heteroatoms. The third-order valence-electron chi connectivity index (χ3n) is 7.77. The number of rotatable bonds is 17. The van der Waals surface area contributed by atoms with Gasteiger partial charge in [0.05, 0.1) is 0 Å². The van der Waals surface area contributed by atoms with Crippen LogP contribution in [0.2, 0.25) is 0 Å². The van der Waals surface area contributed by atoms with E-state index in [0.717, 1.165) is 97.6 Å². The molecule has 2 aromatic carbocycles. The van der Waals surface area contributed by atoms with E-state index in [1.54, 1.807) is 0 Å². The number of hydrogen-bond acceptors (Lipinski definition) is 4. The first-order chi connectivity index (χ1) is 19.2. The molecule has 222 valence electrons. The summed E-state index contributed by atoms with van der Waals surface area (Å²) in [7, 11) is 0. The summed E-state index contributed by atoms with van der Waals surface area (Å²) in [6, 6.07) is 8.08. The predicted octanol–water partition coefficient (Wildman–Crippen LogP) is 7.35. The molecule has 6 nitrogen and oxygen atoms in total. The van der Waals surface area contributed by atoms with Gasteiger partial charge in [-0.05, 0) is 97.1 Å². The van der Waals surface area contributed by atoms with Crippen LogP contribution < -0.4 is 10.9 Å². The highest BCUT2D eigenvalue weighted by molar-refractivity contribution is 5.82. The summed E-state index contributed by atoms with van der Waals surface area (Å²) >= 11 is 0. The van der Waals surface area contributed by atoms with E-state index in [2.05, 4.69) is 45.5 Å². The Balaban J connectivity index is 1.93. The van der Waals surface area contributed by atoms with Crippen LogP contribution >= 0.6 is 0 Å². The van der Waals surface area contributed by atoms with Gasteiger partial charge in [-0.2, -0.15) is 0 Å². The standard InChI is InChI=1S/C34H52N2O4/c1-6-10-13-27-20-25(21-28(33(27)39)14-11-7-2)16-18-31(37)35-36-32(38)19-17-26-22-29(15-12-8-3)34(40)30(23-26)24(5)9-4/h20-24,39-40H,6-19H2,1-5H3,(H,35,37)(H,36,38). The number of phenolic OH excluding ortho intramolecular Hbond substituents is 2. The largest absolute Gasteiger partial charge is 0.507 e. The zero-order chi connectivity index (χ0) is 29.5. The Kier molecular flexibility index (Phi) is 14.6. The first kappa shape index (κ1) is 33.2. The summed E-state index contributed by atoms with van der Waals surface area (Å²) in [5.41, 5.74) is 11.0. The zero-order valence-corrected chi connectivity index (χ0v) is 25.5. The second kappa shape index (κ2) is 17.6. The van der Waals surface area contributed by atoms with Crippen LogP contribution in [-0.2, 0) is 41.7 Å². The summed E-state index contributed by atoms with van der Waals surface area (Å²) in [5, 5.41) is 21.5. The monoisotopic (exact) mass is 552 g/mol.